The van der Waals surface area contributed by atoms with Crippen molar-refractivity contribution in [3.8, 4) is 5.75 Å². The highest BCUT2D eigenvalue weighted by atomic mass is 32.2. The Morgan fingerprint density at radius 1 is 1.09 bits per heavy atom. The Labute approximate surface area is 210 Å². The van der Waals surface area contributed by atoms with Gasteiger partial charge in [-0.15, -0.1) is 11.8 Å². The second kappa shape index (κ2) is 11.2. The van der Waals surface area contributed by atoms with Crippen molar-refractivity contribution >= 4 is 52.3 Å². The molecule has 0 spiro atoms. The maximum Gasteiger partial charge on any atom is 0.294 e. The fourth-order valence-corrected chi connectivity index (χ4v) is 4.58. The first-order valence-corrected chi connectivity index (χ1v) is 12.6. The van der Waals surface area contributed by atoms with Crippen LogP contribution >= 0.6 is 23.5 Å². The van der Waals surface area contributed by atoms with Crippen LogP contribution in [0, 0.1) is 5.82 Å². The lowest BCUT2D eigenvalue weighted by Gasteiger charge is -2.13. The number of carbonyl (C=O) groups is 3. The molecular formula is C26H21FN2O4S2. The van der Waals surface area contributed by atoms with Crippen LogP contribution in [0.4, 0.5) is 14.9 Å². The van der Waals surface area contributed by atoms with E-state index in [1.165, 1.54) is 12.1 Å². The van der Waals surface area contributed by atoms with Crippen LogP contribution in [0.25, 0.3) is 6.08 Å². The van der Waals surface area contributed by atoms with Gasteiger partial charge < -0.3 is 10.1 Å². The predicted octanol–water partition coefficient (Wildman–Crippen LogP) is 5.80. The molecule has 178 valence electrons. The van der Waals surface area contributed by atoms with Gasteiger partial charge in [0.25, 0.3) is 11.1 Å². The quantitative estimate of drug-likeness (QED) is 0.306. The molecule has 0 radical (unpaired) electrons. The third-order valence-electron chi connectivity index (χ3n) is 5.04. The highest BCUT2D eigenvalue weighted by molar-refractivity contribution is 8.18. The smallest absolute Gasteiger partial charge is 0.294 e. The summed E-state index contributed by atoms with van der Waals surface area (Å²) in [6, 6.07) is 20.4. The van der Waals surface area contributed by atoms with Crippen LogP contribution in [0.15, 0.2) is 82.6 Å². The molecule has 0 atom stereocenters. The number of thioether (sulfide) groups is 2. The van der Waals surface area contributed by atoms with Crippen LogP contribution in [-0.4, -0.2) is 34.8 Å². The standard InChI is InChI=1S/C26H21FN2O4S2/c1-34-21-7-4-6-20(14-21)28-24(30)15-29-25(31)23(35-26(29)32)13-18-5-2-3-8-22(18)33-16-17-9-11-19(27)12-10-17/h2-14H,15-16H2,1H3,(H,28,30)/b23-13-. The number of hydrogen-bond donors (Lipinski definition) is 1. The van der Waals surface area contributed by atoms with Gasteiger partial charge >= 0.3 is 0 Å². The third kappa shape index (κ3) is 6.32. The number of benzene rings is 3. The monoisotopic (exact) mass is 508 g/mol. The first-order chi connectivity index (χ1) is 16.9. The summed E-state index contributed by atoms with van der Waals surface area (Å²) in [7, 11) is 0. The molecule has 4 rings (SSSR count). The lowest BCUT2D eigenvalue weighted by Crippen LogP contribution is -2.36. The summed E-state index contributed by atoms with van der Waals surface area (Å²) in [5, 5.41) is 2.21. The average Bonchev–Trinajstić information content (AvgIpc) is 3.11. The molecule has 1 saturated heterocycles. The van der Waals surface area contributed by atoms with Crippen LogP contribution in [0.1, 0.15) is 11.1 Å². The largest absolute Gasteiger partial charge is 0.488 e. The molecule has 3 aromatic carbocycles. The molecule has 6 nitrogen and oxygen atoms in total. The lowest BCUT2D eigenvalue weighted by atomic mass is 10.1. The summed E-state index contributed by atoms with van der Waals surface area (Å²) in [5.41, 5.74) is 1.99. The molecule has 0 unspecified atom stereocenters. The van der Waals surface area contributed by atoms with Crippen molar-refractivity contribution in [2.24, 2.45) is 0 Å². The van der Waals surface area contributed by atoms with E-state index in [-0.39, 0.29) is 23.9 Å². The normalized spacial score (nSPS) is 14.5. The molecule has 0 aromatic heterocycles. The summed E-state index contributed by atoms with van der Waals surface area (Å²) in [4.78, 5) is 40.0. The van der Waals surface area contributed by atoms with Gasteiger partial charge in [0.05, 0.1) is 4.91 Å². The van der Waals surface area contributed by atoms with Crippen LogP contribution in [-0.2, 0) is 16.2 Å². The molecule has 1 aliphatic rings. The highest BCUT2D eigenvalue weighted by Gasteiger charge is 2.36. The summed E-state index contributed by atoms with van der Waals surface area (Å²) in [5.74, 6) is -0.821. The number of hydrogen-bond acceptors (Lipinski definition) is 6. The first-order valence-electron chi connectivity index (χ1n) is 10.6. The molecule has 1 N–H and O–H groups in total. The van der Waals surface area contributed by atoms with Gasteiger partial charge in [0.15, 0.2) is 0 Å². The predicted molar refractivity (Wildman–Crippen MR) is 137 cm³/mol. The van der Waals surface area contributed by atoms with E-state index in [2.05, 4.69) is 5.32 Å². The SMILES string of the molecule is CSc1cccc(NC(=O)CN2C(=O)S/C(=C\c3ccccc3OCc3ccc(F)cc3)C2=O)c1. The van der Waals surface area contributed by atoms with Crippen molar-refractivity contribution in [2.75, 3.05) is 18.1 Å². The van der Waals surface area contributed by atoms with E-state index in [1.807, 2.05) is 24.5 Å². The van der Waals surface area contributed by atoms with Crippen molar-refractivity contribution in [1.29, 1.82) is 0 Å². The van der Waals surface area contributed by atoms with Crippen LogP contribution in [0.5, 0.6) is 5.75 Å². The van der Waals surface area contributed by atoms with Crippen molar-refractivity contribution in [3.63, 3.8) is 0 Å². The molecule has 0 saturated carbocycles. The summed E-state index contributed by atoms with van der Waals surface area (Å²) >= 11 is 2.32. The Bertz CT molecular complexity index is 1290. The average molecular weight is 509 g/mol. The topological polar surface area (TPSA) is 75.7 Å². The molecule has 0 bridgehead atoms. The Kier molecular flexibility index (Phi) is 7.89. The molecule has 0 aliphatic carbocycles. The van der Waals surface area contributed by atoms with E-state index in [0.717, 1.165) is 27.1 Å². The number of nitrogens with one attached hydrogen (secondary N) is 1. The number of nitrogens with zero attached hydrogens (tertiary/aromatic N) is 1. The first kappa shape index (κ1) is 24.6. The zero-order valence-electron chi connectivity index (χ0n) is 18.7. The Hall–Kier alpha value is -3.56. The Balaban J connectivity index is 1.43. The zero-order valence-corrected chi connectivity index (χ0v) is 20.3. The van der Waals surface area contributed by atoms with Crippen molar-refractivity contribution in [3.05, 3.63) is 94.6 Å². The van der Waals surface area contributed by atoms with Crippen molar-refractivity contribution < 1.29 is 23.5 Å². The summed E-state index contributed by atoms with van der Waals surface area (Å²) < 4.78 is 19.0. The van der Waals surface area contributed by atoms with E-state index >= 15 is 0 Å². The van der Waals surface area contributed by atoms with Crippen LogP contribution in [0.3, 0.4) is 0 Å². The summed E-state index contributed by atoms with van der Waals surface area (Å²) in [6.07, 6.45) is 3.50. The van der Waals surface area contributed by atoms with Gasteiger partial charge in [-0.05, 0) is 66.1 Å². The number of amides is 3. The number of ether oxygens (including phenoxy) is 1. The Morgan fingerprint density at radius 2 is 1.86 bits per heavy atom. The molecule has 3 amide bonds. The third-order valence-corrected chi connectivity index (χ3v) is 6.67. The minimum Gasteiger partial charge on any atom is -0.488 e. The van der Waals surface area contributed by atoms with Gasteiger partial charge in [-0.25, -0.2) is 4.39 Å². The van der Waals surface area contributed by atoms with Gasteiger partial charge in [0, 0.05) is 16.1 Å². The number of para-hydroxylation sites is 1. The van der Waals surface area contributed by atoms with Gasteiger partial charge in [-0.2, -0.15) is 0 Å². The van der Waals surface area contributed by atoms with Gasteiger partial charge in [-0.1, -0.05) is 36.4 Å². The van der Waals surface area contributed by atoms with Gasteiger partial charge in [0.2, 0.25) is 5.91 Å². The van der Waals surface area contributed by atoms with Crippen molar-refractivity contribution in [1.82, 2.24) is 4.90 Å². The molecule has 1 aliphatic heterocycles. The fourth-order valence-electron chi connectivity index (χ4n) is 3.30. The Morgan fingerprint density at radius 3 is 2.63 bits per heavy atom. The maximum absolute atomic E-state index is 13.1. The molecule has 3 aromatic rings. The summed E-state index contributed by atoms with van der Waals surface area (Å²) in [6.45, 7) is -0.168. The number of halogens is 1. The second-order valence-electron chi connectivity index (χ2n) is 7.50. The molecule has 9 heteroatoms. The number of carbonyl (C=O) groups excluding carboxylic acids is 3. The van der Waals surface area contributed by atoms with E-state index in [0.29, 0.717) is 17.0 Å². The second-order valence-corrected chi connectivity index (χ2v) is 9.37. The van der Waals surface area contributed by atoms with E-state index in [9.17, 15) is 18.8 Å². The van der Waals surface area contributed by atoms with Crippen LogP contribution in [0.2, 0.25) is 0 Å². The maximum atomic E-state index is 13.1. The molecular weight excluding hydrogens is 487 g/mol. The van der Waals surface area contributed by atoms with Crippen molar-refractivity contribution in [2.45, 2.75) is 11.5 Å². The fraction of sp³-hybridized carbons (Fsp3) is 0.115. The van der Waals surface area contributed by atoms with Crippen LogP contribution < -0.4 is 10.1 Å². The number of rotatable bonds is 8. The minimum atomic E-state index is -0.540. The van der Waals surface area contributed by atoms with E-state index in [1.54, 1.807) is 60.3 Å². The van der Waals surface area contributed by atoms with E-state index in [4.69, 9.17) is 4.74 Å². The lowest BCUT2D eigenvalue weighted by molar-refractivity contribution is -0.127. The molecule has 35 heavy (non-hydrogen) atoms. The number of imide groups is 1. The van der Waals surface area contributed by atoms with E-state index < -0.39 is 17.1 Å². The minimum absolute atomic E-state index is 0.199. The molecule has 1 heterocycles. The zero-order chi connectivity index (χ0) is 24.8. The molecule has 1 fully saturated rings. The highest BCUT2D eigenvalue weighted by Crippen LogP contribution is 2.34. The van der Waals surface area contributed by atoms with Gasteiger partial charge in [-0.3, -0.25) is 19.3 Å². The van der Waals surface area contributed by atoms with Gasteiger partial charge in [0.1, 0.15) is 24.7 Å². The number of anilines is 1.